The van der Waals surface area contributed by atoms with Crippen LogP contribution >= 0.6 is 0 Å². The lowest BCUT2D eigenvalue weighted by molar-refractivity contribution is 0.0386. The molecule has 0 radical (unpaired) electrons. The summed E-state index contributed by atoms with van der Waals surface area (Å²) >= 11 is 0. The van der Waals surface area contributed by atoms with E-state index in [0.717, 1.165) is 32.8 Å². The molecule has 106 valence electrons. The molecule has 2 amide bonds. The second-order valence-electron chi connectivity index (χ2n) is 4.75. The van der Waals surface area contributed by atoms with Gasteiger partial charge in [-0.05, 0) is 13.3 Å². The first-order chi connectivity index (χ1) is 8.59. The second kappa shape index (κ2) is 8.29. The third kappa shape index (κ3) is 6.18. The van der Waals surface area contributed by atoms with Gasteiger partial charge in [0.2, 0.25) is 0 Å². The van der Waals surface area contributed by atoms with Gasteiger partial charge in [-0.15, -0.1) is 0 Å². The molecular weight excluding hydrogens is 234 g/mol. The number of carbonyl (C=O) groups excluding carboxylic acids is 1. The van der Waals surface area contributed by atoms with Gasteiger partial charge in [0.15, 0.2) is 0 Å². The molecule has 1 rings (SSSR count). The number of hydrogen-bond donors (Lipinski definition) is 2. The Balaban J connectivity index is 2.08. The van der Waals surface area contributed by atoms with E-state index in [-0.39, 0.29) is 12.1 Å². The summed E-state index contributed by atoms with van der Waals surface area (Å²) in [4.78, 5) is 15.6. The lowest BCUT2D eigenvalue weighted by Gasteiger charge is -2.27. The van der Waals surface area contributed by atoms with E-state index < -0.39 is 0 Å². The first-order valence-corrected chi connectivity index (χ1v) is 6.56. The molecule has 0 aromatic heterocycles. The Bertz CT molecular complexity index is 243. The number of carbonyl (C=O) groups is 1. The molecule has 1 aliphatic heterocycles. The van der Waals surface area contributed by atoms with Crippen LogP contribution in [-0.2, 0) is 4.74 Å². The fourth-order valence-electron chi connectivity index (χ4n) is 1.76. The van der Waals surface area contributed by atoms with Gasteiger partial charge in [-0.3, -0.25) is 4.90 Å². The van der Waals surface area contributed by atoms with Crippen LogP contribution in [0, 0.1) is 0 Å². The number of nitrogens with one attached hydrogen (secondary N) is 1. The molecule has 0 bridgehead atoms. The third-order valence-corrected chi connectivity index (χ3v) is 3.04. The molecular formula is C12H25N3O3. The smallest absolute Gasteiger partial charge is 0.317 e. The number of urea groups is 1. The molecule has 6 heteroatoms. The summed E-state index contributed by atoms with van der Waals surface area (Å²) in [6.45, 7) is 7.24. The average Bonchev–Trinajstić information content (AvgIpc) is 2.37. The van der Waals surface area contributed by atoms with Gasteiger partial charge in [0.1, 0.15) is 0 Å². The highest BCUT2D eigenvalue weighted by Crippen LogP contribution is 1.96. The quantitative estimate of drug-likeness (QED) is 0.689. The maximum atomic E-state index is 11.7. The number of aliphatic hydroxyl groups excluding tert-OH is 1. The van der Waals surface area contributed by atoms with E-state index in [1.165, 1.54) is 0 Å². The first-order valence-electron chi connectivity index (χ1n) is 6.56. The van der Waals surface area contributed by atoms with Gasteiger partial charge < -0.3 is 20.1 Å². The standard InChI is InChI=1S/C12H25N3O3/c1-11(16)3-5-14(2)12(17)13-4-6-15-7-9-18-10-8-15/h11,16H,3-10H2,1-2H3,(H,13,17). The Hall–Kier alpha value is -0.850. The molecule has 0 spiro atoms. The van der Waals surface area contributed by atoms with E-state index in [1.54, 1.807) is 18.9 Å². The topological polar surface area (TPSA) is 65.0 Å². The molecule has 1 atom stereocenters. The summed E-state index contributed by atoms with van der Waals surface area (Å²) in [5.41, 5.74) is 0. The zero-order valence-corrected chi connectivity index (χ0v) is 11.4. The number of ether oxygens (including phenoxy) is 1. The van der Waals surface area contributed by atoms with E-state index in [0.29, 0.717) is 19.5 Å². The molecule has 2 N–H and O–H groups in total. The van der Waals surface area contributed by atoms with E-state index in [2.05, 4.69) is 10.2 Å². The fourth-order valence-corrected chi connectivity index (χ4v) is 1.76. The largest absolute Gasteiger partial charge is 0.393 e. The van der Waals surface area contributed by atoms with Crippen LogP contribution in [-0.4, -0.2) is 80.0 Å². The highest BCUT2D eigenvalue weighted by molar-refractivity contribution is 5.73. The van der Waals surface area contributed by atoms with E-state index in [9.17, 15) is 4.79 Å². The molecule has 0 aromatic rings. The number of morpholine rings is 1. The summed E-state index contributed by atoms with van der Waals surface area (Å²) in [5, 5.41) is 12.0. The zero-order valence-electron chi connectivity index (χ0n) is 11.4. The maximum Gasteiger partial charge on any atom is 0.317 e. The van der Waals surface area contributed by atoms with Crippen LogP contribution in [0.25, 0.3) is 0 Å². The van der Waals surface area contributed by atoms with Crippen LogP contribution in [0.4, 0.5) is 4.79 Å². The SMILES string of the molecule is CC(O)CCN(C)C(=O)NCCN1CCOCC1. The predicted octanol–water partition coefficient (Wildman–Crippen LogP) is -0.269. The van der Waals surface area contributed by atoms with Crippen LogP contribution in [0.5, 0.6) is 0 Å². The van der Waals surface area contributed by atoms with Crippen molar-refractivity contribution in [2.75, 3.05) is 53.0 Å². The molecule has 1 aliphatic rings. The normalized spacial score (nSPS) is 18.4. The number of hydrogen-bond acceptors (Lipinski definition) is 4. The molecule has 0 saturated carbocycles. The zero-order chi connectivity index (χ0) is 13.4. The average molecular weight is 259 g/mol. The highest BCUT2D eigenvalue weighted by Gasteiger charge is 2.12. The predicted molar refractivity (Wildman–Crippen MR) is 69.6 cm³/mol. The minimum absolute atomic E-state index is 0.0797. The maximum absolute atomic E-state index is 11.7. The lowest BCUT2D eigenvalue weighted by atomic mass is 10.3. The Morgan fingerprint density at radius 1 is 1.50 bits per heavy atom. The van der Waals surface area contributed by atoms with E-state index in [4.69, 9.17) is 9.84 Å². The van der Waals surface area contributed by atoms with Crippen LogP contribution in [0.15, 0.2) is 0 Å². The van der Waals surface area contributed by atoms with Crippen LogP contribution < -0.4 is 5.32 Å². The molecule has 1 saturated heterocycles. The molecule has 1 fully saturated rings. The molecule has 6 nitrogen and oxygen atoms in total. The van der Waals surface area contributed by atoms with Gasteiger partial charge in [-0.1, -0.05) is 0 Å². The van der Waals surface area contributed by atoms with Gasteiger partial charge in [-0.2, -0.15) is 0 Å². The van der Waals surface area contributed by atoms with E-state index >= 15 is 0 Å². The highest BCUT2D eigenvalue weighted by atomic mass is 16.5. The van der Waals surface area contributed by atoms with Gasteiger partial charge >= 0.3 is 6.03 Å². The van der Waals surface area contributed by atoms with Gasteiger partial charge in [0.05, 0.1) is 19.3 Å². The van der Waals surface area contributed by atoms with Crippen molar-refractivity contribution in [3.8, 4) is 0 Å². The van der Waals surface area contributed by atoms with Crippen molar-refractivity contribution in [3.63, 3.8) is 0 Å². The summed E-state index contributed by atoms with van der Waals surface area (Å²) in [5.74, 6) is 0. The minimum Gasteiger partial charge on any atom is -0.393 e. The van der Waals surface area contributed by atoms with Crippen molar-refractivity contribution < 1.29 is 14.6 Å². The Morgan fingerprint density at radius 2 is 2.17 bits per heavy atom. The van der Waals surface area contributed by atoms with Gasteiger partial charge in [-0.25, -0.2) is 4.79 Å². The molecule has 1 unspecified atom stereocenters. The van der Waals surface area contributed by atoms with Crippen LogP contribution in [0.1, 0.15) is 13.3 Å². The van der Waals surface area contributed by atoms with Crippen LogP contribution in [0.2, 0.25) is 0 Å². The number of rotatable bonds is 6. The fraction of sp³-hybridized carbons (Fsp3) is 0.917. The monoisotopic (exact) mass is 259 g/mol. The Labute approximate surface area is 109 Å². The minimum atomic E-state index is -0.367. The number of aliphatic hydroxyl groups is 1. The molecule has 0 aliphatic carbocycles. The first kappa shape index (κ1) is 15.2. The molecule has 18 heavy (non-hydrogen) atoms. The van der Waals surface area contributed by atoms with Crippen molar-refractivity contribution in [3.05, 3.63) is 0 Å². The van der Waals surface area contributed by atoms with E-state index in [1.807, 2.05) is 0 Å². The second-order valence-corrected chi connectivity index (χ2v) is 4.75. The van der Waals surface area contributed by atoms with Crippen LogP contribution in [0.3, 0.4) is 0 Å². The third-order valence-electron chi connectivity index (χ3n) is 3.04. The summed E-state index contributed by atoms with van der Waals surface area (Å²) in [6, 6.07) is -0.0797. The summed E-state index contributed by atoms with van der Waals surface area (Å²) < 4.78 is 5.26. The van der Waals surface area contributed by atoms with Crippen molar-refractivity contribution in [1.29, 1.82) is 0 Å². The van der Waals surface area contributed by atoms with Crippen molar-refractivity contribution in [2.24, 2.45) is 0 Å². The lowest BCUT2D eigenvalue weighted by Crippen LogP contribution is -2.44. The van der Waals surface area contributed by atoms with Gasteiger partial charge in [0, 0.05) is 39.8 Å². The van der Waals surface area contributed by atoms with Crippen molar-refractivity contribution in [2.45, 2.75) is 19.4 Å². The molecule has 0 aromatic carbocycles. The summed E-state index contributed by atoms with van der Waals surface area (Å²) in [6.07, 6.45) is 0.238. The van der Waals surface area contributed by atoms with Crippen molar-refractivity contribution in [1.82, 2.24) is 15.1 Å². The number of nitrogens with zero attached hydrogens (tertiary/aromatic N) is 2. The Kier molecular flexibility index (Phi) is 7.00. The van der Waals surface area contributed by atoms with Crippen molar-refractivity contribution >= 4 is 6.03 Å². The van der Waals surface area contributed by atoms with Gasteiger partial charge in [0.25, 0.3) is 0 Å². The molecule has 1 heterocycles. The summed E-state index contributed by atoms with van der Waals surface area (Å²) in [7, 11) is 1.74. The Morgan fingerprint density at radius 3 is 2.78 bits per heavy atom. The number of amides is 2.